The summed E-state index contributed by atoms with van der Waals surface area (Å²) in [6, 6.07) is 14.0. The van der Waals surface area contributed by atoms with Crippen molar-refractivity contribution in [3.05, 3.63) is 54.1 Å². The van der Waals surface area contributed by atoms with Gasteiger partial charge < -0.3 is 40.0 Å². The van der Waals surface area contributed by atoms with Crippen LogP contribution in [-0.4, -0.2) is 68.3 Å². The second-order valence-corrected chi connectivity index (χ2v) is 8.55. The number of hydrogen-bond acceptors (Lipinski definition) is 7. The number of carbonyl (C=O) groups excluding carboxylic acids is 2. The van der Waals surface area contributed by atoms with Gasteiger partial charge in [-0.15, -0.1) is 0 Å². The second kappa shape index (κ2) is 11.4. The van der Waals surface area contributed by atoms with Gasteiger partial charge in [-0.1, -0.05) is 12.1 Å². The fourth-order valence-corrected chi connectivity index (χ4v) is 4.27. The molecule has 0 aromatic heterocycles. The first-order valence-corrected chi connectivity index (χ1v) is 11.5. The number of carbonyl (C=O) groups is 2. The van der Waals surface area contributed by atoms with Crippen molar-refractivity contribution >= 4 is 17.6 Å². The standard InChI is InChI=1S/C25H31N3O7/c1-32-17-7-3-15(4-8-17)13-26-22(29)12-19-11-20-24(34-19)23(30)21(35-20)14-27-25(31)28-16-5-9-18(33-2)10-6-16/h3-10,19-21,23-24,30H,11-14H2,1-2H3,(H,26,29)(H2,27,28,31)/t19-,20+,21+,23+,24-/m0/s1. The van der Waals surface area contributed by atoms with E-state index >= 15 is 0 Å². The highest BCUT2D eigenvalue weighted by atomic mass is 16.6. The maximum Gasteiger partial charge on any atom is 0.319 e. The molecule has 5 atom stereocenters. The highest BCUT2D eigenvalue weighted by Crippen LogP contribution is 2.35. The summed E-state index contributed by atoms with van der Waals surface area (Å²) in [6.45, 7) is 0.542. The van der Waals surface area contributed by atoms with Gasteiger partial charge in [0.1, 0.15) is 29.8 Å². The number of aliphatic hydroxyl groups is 1. The molecule has 10 nitrogen and oxygen atoms in total. The molecule has 2 fully saturated rings. The van der Waals surface area contributed by atoms with Gasteiger partial charge in [-0.05, 0) is 42.0 Å². The molecule has 10 heteroatoms. The smallest absolute Gasteiger partial charge is 0.319 e. The Bertz CT molecular complexity index is 999. The van der Waals surface area contributed by atoms with Gasteiger partial charge in [-0.25, -0.2) is 4.79 Å². The lowest BCUT2D eigenvalue weighted by molar-refractivity contribution is -0.124. The lowest BCUT2D eigenvalue weighted by Gasteiger charge is -2.20. The van der Waals surface area contributed by atoms with Crippen molar-refractivity contribution in [3.63, 3.8) is 0 Å². The summed E-state index contributed by atoms with van der Waals surface area (Å²) in [6.07, 6.45) is -1.96. The van der Waals surface area contributed by atoms with E-state index < -0.39 is 24.3 Å². The van der Waals surface area contributed by atoms with Gasteiger partial charge in [0.25, 0.3) is 0 Å². The van der Waals surface area contributed by atoms with E-state index in [1.54, 1.807) is 38.5 Å². The fraction of sp³-hybridized carbons (Fsp3) is 0.440. The molecule has 35 heavy (non-hydrogen) atoms. The van der Waals surface area contributed by atoms with E-state index in [-0.39, 0.29) is 31.1 Å². The number of aliphatic hydroxyl groups excluding tert-OH is 1. The van der Waals surface area contributed by atoms with Crippen LogP contribution in [0.3, 0.4) is 0 Å². The molecule has 0 bridgehead atoms. The Morgan fingerprint density at radius 2 is 1.63 bits per heavy atom. The molecule has 2 aliphatic rings. The number of amides is 3. The summed E-state index contributed by atoms with van der Waals surface area (Å²) >= 11 is 0. The Balaban J connectivity index is 1.16. The predicted molar refractivity (Wildman–Crippen MR) is 127 cm³/mol. The molecule has 2 aromatic carbocycles. The normalized spacial score (nSPS) is 24.9. The fourth-order valence-electron chi connectivity index (χ4n) is 4.27. The summed E-state index contributed by atoms with van der Waals surface area (Å²) in [5, 5.41) is 18.9. The minimum atomic E-state index is -0.895. The van der Waals surface area contributed by atoms with Crippen LogP contribution in [0.2, 0.25) is 0 Å². The van der Waals surface area contributed by atoms with Crippen molar-refractivity contribution < 1.29 is 33.6 Å². The van der Waals surface area contributed by atoms with E-state index in [9.17, 15) is 14.7 Å². The zero-order valence-electron chi connectivity index (χ0n) is 19.7. The number of hydrogen-bond donors (Lipinski definition) is 4. The Morgan fingerprint density at radius 3 is 2.26 bits per heavy atom. The van der Waals surface area contributed by atoms with Crippen LogP contribution in [0, 0.1) is 0 Å². The van der Waals surface area contributed by atoms with E-state index in [0.29, 0.717) is 24.4 Å². The Morgan fingerprint density at radius 1 is 0.971 bits per heavy atom. The van der Waals surface area contributed by atoms with Crippen molar-refractivity contribution in [3.8, 4) is 11.5 Å². The third kappa shape index (κ3) is 6.41. The molecule has 0 radical (unpaired) electrons. The van der Waals surface area contributed by atoms with Crippen LogP contribution in [0.1, 0.15) is 18.4 Å². The van der Waals surface area contributed by atoms with Crippen molar-refractivity contribution in [2.24, 2.45) is 0 Å². The van der Waals surface area contributed by atoms with Crippen molar-refractivity contribution in [1.82, 2.24) is 10.6 Å². The number of rotatable bonds is 9. The summed E-state index contributed by atoms with van der Waals surface area (Å²) in [4.78, 5) is 24.5. The molecule has 4 N–H and O–H groups in total. The quantitative estimate of drug-likeness (QED) is 0.427. The average molecular weight is 486 g/mol. The topological polar surface area (TPSA) is 127 Å². The van der Waals surface area contributed by atoms with Crippen molar-refractivity contribution in [1.29, 1.82) is 0 Å². The summed E-state index contributed by atoms with van der Waals surface area (Å²) in [5.74, 6) is 1.32. The van der Waals surface area contributed by atoms with Crippen LogP contribution in [0.25, 0.3) is 0 Å². The molecule has 2 heterocycles. The van der Waals surface area contributed by atoms with Crippen LogP contribution < -0.4 is 25.4 Å². The Kier molecular flexibility index (Phi) is 8.06. The number of methoxy groups -OCH3 is 2. The highest BCUT2D eigenvalue weighted by Gasteiger charge is 2.50. The van der Waals surface area contributed by atoms with Gasteiger partial charge in [-0.3, -0.25) is 4.79 Å². The first-order chi connectivity index (χ1) is 16.9. The van der Waals surface area contributed by atoms with Crippen LogP contribution in [0.5, 0.6) is 11.5 Å². The van der Waals surface area contributed by atoms with Crippen LogP contribution in [-0.2, 0) is 20.8 Å². The third-order valence-corrected chi connectivity index (χ3v) is 6.15. The SMILES string of the molecule is COc1ccc(CNC(=O)C[C@@H]2C[C@H]3O[C@H](CNC(=O)Nc4ccc(OC)cc4)[C@@H](O)[C@H]3O2)cc1. The van der Waals surface area contributed by atoms with E-state index in [4.69, 9.17) is 18.9 Å². The molecule has 0 spiro atoms. The molecular formula is C25H31N3O7. The van der Waals surface area contributed by atoms with E-state index in [1.165, 1.54) is 0 Å². The number of fused-ring (bicyclic) bond motifs is 1. The van der Waals surface area contributed by atoms with Gasteiger partial charge in [-0.2, -0.15) is 0 Å². The molecule has 188 valence electrons. The van der Waals surface area contributed by atoms with Gasteiger partial charge in [0.2, 0.25) is 5.91 Å². The molecule has 2 saturated heterocycles. The van der Waals surface area contributed by atoms with Crippen LogP contribution in [0.15, 0.2) is 48.5 Å². The first-order valence-electron chi connectivity index (χ1n) is 11.5. The Hall–Kier alpha value is -3.34. The molecule has 2 aliphatic heterocycles. The molecule has 2 aromatic rings. The number of ether oxygens (including phenoxy) is 4. The van der Waals surface area contributed by atoms with Crippen LogP contribution in [0.4, 0.5) is 10.5 Å². The lowest BCUT2D eigenvalue weighted by atomic mass is 10.1. The molecule has 0 unspecified atom stereocenters. The largest absolute Gasteiger partial charge is 0.497 e. The summed E-state index contributed by atoms with van der Waals surface area (Å²) in [5.41, 5.74) is 1.58. The second-order valence-electron chi connectivity index (χ2n) is 8.55. The van der Waals surface area contributed by atoms with Gasteiger partial charge in [0, 0.05) is 25.2 Å². The zero-order valence-corrected chi connectivity index (χ0v) is 19.7. The zero-order chi connectivity index (χ0) is 24.8. The molecular weight excluding hydrogens is 454 g/mol. The minimum absolute atomic E-state index is 0.131. The summed E-state index contributed by atoms with van der Waals surface area (Å²) < 4.78 is 22.0. The maximum absolute atomic E-state index is 12.3. The van der Waals surface area contributed by atoms with E-state index in [0.717, 1.165) is 11.3 Å². The maximum atomic E-state index is 12.3. The predicted octanol–water partition coefficient (Wildman–Crippen LogP) is 1.82. The molecule has 3 amide bonds. The minimum Gasteiger partial charge on any atom is -0.497 e. The van der Waals surface area contributed by atoms with Gasteiger partial charge in [0.15, 0.2) is 0 Å². The number of anilines is 1. The molecule has 4 rings (SSSR count). The van der Waals surface area contributed by atoms with E-state index in [2.05, 4.69) is 16.0 Å². The van der Waals surface area contributed by atoms with Crippen molar-refractivity contribution in [2.75, 3.05) is 26.1 Å². The monoisotopic (exact) mass is 485 g/mol. The van der Waals surface area contributed by atoms with Gasteiger partial charge >= 0.3 is 6.03 Å². The Labute approximate surface area is 203 Å². The third-order valence-electron chi connectivity index (χ3n) is 6.15. The number of nitrogens with one attached hydrogen (secondary N) is 3. The van der Waals surface area contributed by atoms with Crippen molar-refractivity contribution in [2.45, 2.75) is 49.9 Å². The first kappa shape index (κ1) is 24.8. The van der Waals surface area contributed by atoms with Crippen LogP contribution >= 0.6 is 0 Å². The highest BCUT2D eigenvalue weighted by molar-refractivity contribution is 5.89. The van der Waals surface area contributed by atoms with E-state index in [1.807, 2.05) is 24.3 Å². The molecule has 0 saturated carbocycles. The van der Waals surface area contributed by atoms with Gasteiger partial charge in [0.05, 0.1) is 32.8 Å². The average Bonchev–Trinajstić information content (AvgIpc) is 3.39. The molecule has 0 aliphatic carbocycles. The number of urea groups is 1. The number of benzene rings is 2. The summed E-state index contributed by atoms with van der Waals surface area (Å²) in [7, 11) is 3.18. The lowest BCUT2D eigenvalue weighted by Crippen LogP contribution is -2.42.